The monoisotopic (exact) mass is 212 g/mol. The second-order valence-corrected chi connectivity index (χ2v) is 2.32. The predicted molar refractivity (Wildman–Crippen MR) is 40.5 cm³/mol. The van der Waals surface area contributed by atoms with Gasteiger partial charge >= 0.3 is 58.4 Å². The van der Waals surface area contributed by atoms with Gasteiger partial charge in [0.05, 0.1) is 0 Å². The quantitative estimate of drug-likeness (QED) is 0.433. The molecule has 0 spiro atoms. The van der Waals surface area contributed by atoms with Crippen LogP contribution in [0.25, 0.3) is 0 Å². The molecule has 64 valence electrons. The minimum Gasteiger partial charge on any atom is -0.445 e. The SMILES string of the molecule is O=Cc1ccccc1[B-](F)(F)F.[K+]. The van der Waals surface area contributed by atoms with Crippen molar-refractivity contribution in [2.24, 2.45) is 0 Å². The predicted octanol–water partition coefficient (Wildman–Crippen LogP) is -1.44. The van der Waals surface area contributed by atoms with E-state index in [9.17, 15) is 17.7 Å². The van der Waals surface area contributed by atoms with E-state index >= 15 is 0 Å². The van der Waals surface area contributed by atoms with Crippen LogP contribution in [0.15, 0.2) is 24.3 Å². The van der Waals surface area contributed by atoms with Gasteiger partial charge in [-0.3, -0.25) is 4.79 Å². The van der Waals surface area contributed by atoms with Crippen LogP contribution in [0.3, 0.4) is 0 Å². The van der Waals surface area contributed by atoms with E-state index in [4.69, 9.17) is 0 Å². The molecule has 6 heteroatoms. The molecular weight excluding hydrogens is 207 g/mol. The molecule has 0 N–H and O–H groups in total. The van der Waals surface area contributed by atoms with E-state index in [2.05, 4.69) is 0 Å². The summed E-state index contributed by atoms with van der Waals surface area (Å²) in [7, 11) is 0. The van der Waals surface area contributed by atoms with Crippen LogP contribution in [0, 0.1) is 0 Å². The van der Waals surface area contributed by atoms with Crippen LogP contribution >= 0.6 is 0 Å². The van der Waals surface area contributed by atoms with E-state index in [0.717, 1.165) is 12.1 Å². The summed E-state index contributed by atoms with van der Waals surface area (Å²) in [5.74, 6) is 0. The molecule has 0 aliphatic heterocycles. The summed E-state index contributed by atoms with van der Waals surface area (Å²) in [6.45, 7) is -5.07. The average molecular weight is 212 g/mol. The van der Waals surface area contributed by atoms with E-state index in [1.807, 2.05) is 0 Å². The zero-order valence-electron chi connectivity index (χ0n) is 7.01. The minimum atomic E-state index is -5.07. The van der Waals surface area contributed by atoms with E-state index < -0.39 is 12.4 Å². The number of hydrogen-bond acceptors (Lipinski definition) is 1. The van der Waals surface area contributed by atoms with Gasteiger partial charge in [0.2, 0.25) is 0 Å². The first-order chi connectivity index (χ1) is 5.55. The van der Waals surface area contributed by atoms with Crippen LogP contribution in [0.1, 0.15) is 10.4 Å². The average Bonchev–Trinajstić information content (AvgIpc) is 2.03. The largest absolute Gasteiger partial charge is 1.00 e. The van der Waals surface area contributed by atoms with Gasteiger partial charge in [-0.2, -0.15) is 0 Å². The third-order valence-electron chi connectivity index (χ3n) is 1.48. The Morgan fingerprint density at radius 3 is 2.08 bits per heavy atom. The van der Waals surface area contributed by atoms with Crippen molar-refractivity contribution in [2.75, 3.05) is 0 Å². The van der Waals surface area contributed by atoms with Gasteiger partial charge in [-0.25, -0.2) is 0 Å². The Bertz CT molecular complexity index is 300. The maximum absolute atomic E-state index is 12.1. The molecule has 0 bridgehead atoms. The second kappa shape index (κ2) is 5.31. The first-order valence-electron chi connectivity index (χ1n) is 3.30. The zero-order chi connectivity index (χ0) is 9.19. The molecule has 0 fully saturated rings. The van der Waals surface area contributed by atoms with Gasteiger partial charge < -0.3 is 12.9 Å². The Morgan fingerprint density at radius 1 is 1.15 bits per heavy atom. The Morgan fingerprint density at radius 2 is 1.69 bits per heavy atom. The van der Waals surface area contributed by atoms with Crippen molar-refractivity contribution >= 4 is 18.7 Å². The standard InChI is InChI=1S/C7H5BF3O.K/c9-8(10,11)7-4-2-1-3-6(7)5-12;/h1-5H;/q-1;+1. The third kappa shape index (κ3) is 3.55. The number of rotatable bonds is 2. The van der Waals surface area contributed by atoms with Crippen molar-refractivity contribution in [2.45, 2.75) is 0 Å². The number of carbonyl (C=O) groups is 1. The van der Waals surface area contributed by atoms with Crippen LogP contribution in [-0.2, 0) is 0 Å². The number of carbonyl (C=O) groups excluding carboxylic acids is 1. The summed E-state index contributed by atoms with van der Waals surface area (Å²) < 4.78 is 36.4. The van der Waals surface area contributed by atoms with Gasteiger partial charge in [0, 0.05) is 0 Å². The molecule has 0 radical (unpaired) electrons. The molecular formula is C7H5BF3KO. The summed E-state index contributed by atoms with van der Waals surface area (Å²) in [6, 6.07) is 4.72. The van der Waals surface area contributed by atoms with Crippen molar-refractivity contribution in [3.63, 3.8) is 0 Å². The molecule has 0 aliphatic rings. The summed E-state index contributed by atoms with van der Waals surface area (Å²) >= 11 is 0. The molecule has 13 heavy (non-hydrogen) atoms. The van der Waals surface area contributed by atoms with Crippen molar-refractivity contribution in [1.29, 1.82) is 0 Å². The van der Waals surface area contributed by atoms with Crippen LogP contribution in [-0.4, -0.2) is 13.3 Å². The first-order valence-corrected chi connectivity index (χ1v) is 3.30. The van der Waals surface area contributed by atoms with E-state index in [1.54, 1.807) is 0 Å². The maximum Gasteiger partial charge on any atom is 1.00 e. The van der Waals surface area contributed by atoms with Gasteiger partial charge in [-0.1, -0.05) is 29.7 Å². The molecule has 0 amide bonds. The first kappa shape index (κ1) is 13.4. The fourth-order valence-corrected chi connectivity index (χ4v) is 0.916. The summed E-state index contributed by atoms with van der Waals surface area (Å²) in [5, 5.41) is 0. The molecule has 1 aromatic rings. The molecule has 0 saturated heterocycles. The van der Waals surface area contributed by atoms with Crippen LogP contribution in [0.5, 0.6) is 0 Å². The zero-order valence-corrected chi connectivity index (χ0v) is 10.1. The van der Waals surface area contributed by atoms with E-state index in [0.29, 0.717) is 0 Å². The van der Waals surface area contributed by atoms with Gasteiger partial charge in [-0.15, -0.1) is 0 Å². The molecule has 1 aromatic carbocycles. The maximum atomic E-state index is 12.1. The second-order valence-electron chi connectivity index (χ2n) is 2.32. The van der Waals surface area contributed by atoms with Crippen molar-refractivity contribution < 1.29 is 69.1 Å². The summed E-state index contributed by atoms with van der Waals surface area (Å²) in [6.07, 6.45) is 0.213. The topological polar surface area (TPSA) is 17.1 Å². The van der Waals surface area contributed by atoms with Gasteiger partial charge in [0.15, 0.2) is 0 Å². The fourth-order valence-electron chi connectivity index (χ4n) is 0.916. The van der Waals surface area contributed by atoms with Crippen molar-refractivity contribution in [1.82, 2.24) is 0 Å². The Hall–Kier alpha value is 0.381. The molecule has 0 aromatic heterocycles. The summed E-state index contributed by atoms with van der Waals surface area (Å²) in [4.78, 5) is 10.2. The number of aldehydes is 1. The van der Waals surface area contributed by atoms with Crippen LogP contribution < -0.4 is 56.8 Å². The normalized spacial score (nSPS) is 10.4. The minimum absolute atomic E-state index is 0. The smallest absolute Gasteiger partial charge is 0.445 e. The Kier molecular flexibility index (Phi) is 5.46. The van der Waals surface area contributed by atoms with Crippen molar-refractivity contribution in [3.05, 3.63) is 29.8 Å². The van der Waals surface area contributed by atoms with Gasteiger partial charge in [0.25, 0.3) is 0 Å². The van der Waals surface area contributed by atoms with Crippen LogP contribution in [0.2, 0.25) is 0 Å². The molecule has 1 rings (SSSR count). The Labute approximate surface area is 116 Å². The number of hydrogen-bond donors (Lipinski definition) is 0. The Balaban J connectivity index is 0.00000144. The van der Waals surface area contributed by atoms with Crippen LogP contribution in [0.4, 0.5) is 12.9 Å². The van der Waals surface area contributed by atoms with E-state index in [-0.39, 0.29) is 63.2 Å². The number of halogens is 3. The number of benzene rings is 1. The third-order valence-corrected chi connectivity index (χ3v) is 1.48. The molecule has 0 aliphatic carbocycles. The molecule has 0 saturated carbocycles. The van der Waals surface area contributed by atoms with Gasteiger partial charge in [0.1, 0.15) is 6.29 Å². The fraction of sp³-hybridized carbons (Fsp3) is 0. The summed E-state index contributed by atoms with van der Waals surface area (Å²) in [5.41, 5.74) is -1.13. The molecule has 1 nitrogen and oxygen atoms in total. The molecule has 0 unspecified atom stereocenters. The molecule has 0 atom stereocenters. The van der Waals surface area contributed by atoms with Crippen molar-refractivity contribution in [3.8, 4) is 0 Å². The van der Waals surface area contributed by atoms with Gasteiger partial charge in [-0.05, 0) is 5.56 Å². The van der Waals surface area contributed by atoms with E-state index in [1.165, 1.54) is 12.1 Å². The molecule has 0 heterocycles.